The lowest BCUT2D eigenvalue weighted by molar-refractivity contribution is 0.0697. The fourth-order valence-corrected chi connectivity index (χ4v) is 3.32. The third-order valence-electron chi connectivity index (χ3n) is 4.55. The number of hydrogen-bond donors (Lipinski definition) is 4. The normalized spacial score (nSPS) is 12.3. The summed E-state index contributed by atoms with van der Waals surface area (Å²) >= 11 is 5.90. The van der Waals surface area contributed by atoms with E-state index in [-0.39, 0.29) is 28.2 Å². The number of anilines is 2. The smallest absolute Gasteiger partial charge is 0.335 e. The number of carboxylic acid groups (broad SMARTS) is 1. The number of aromatic carboxylic acids is 1. The Hall–Kier alpha value is -4.31. The number of carboxylic acids is 1. The fraction of sp³-hybridized carbons (Fsp3) is 0.0455. The summed E-state index contributed by atoms with van der Waals surface area (Å²) in [6.45, 7) is 1.67. The van der Waals surface area contributed by atoms with Crippen molar-refractivity contribution in [2.24, 2.45) is 16.5 Å². The number of pyridine rings is 1. The Morgan fingerprint density at radius 2 is 1.97 bits per heavy atom. The Kier molecular flexibility index (Phi) is 5.76. The van der Waals surface area contributed by atoms with Gasteiger partial charge in [0.25, 0.3) is 5.95 Å². The van der Waals surface area contributed by atoms with Crippen molar-refractivity contribution in [2.75, 3.05) is 5.32 Å². The highest BCUT2D eigenvalue weighted by molar-refractivity contribution is 6.31. The van der Waals surface area contributed by atoms with Crippen molar-refractivity contribution in [3.63, 3.8) is 0 Å². The standard InChI is InChI=1S/C22H17ClFN7O2/c1-10(25)6-18(26)30-22-27-9-14-13-4-2-11(21(32)33)7-17(13)29-20(19(14)31-22)28-12-3-5-16(24)15(23)8-12/h2-9H,25H2,1H3,(H,28,29)(H,32,33)(H2,26,27,30,31). The molecule has 0 aliphatic rings. The van der Waals surface area contributed by atoms with Gasteiger partial charge in [-0.15, -0.1) is 0 Å². The van der Waals surface area contributed by atoms with E-state index in [4.69, 9.17) is 23.1 Å². The summed E-state index contributed by atoms with van der Waals surface area (Å²) in [7, 11) is 0. The van der Waals surface area contributed by atoms with E-state index in [1.165, 1.54) is 36.4 Å². The quantitative estimate of drug-likeness (QED) is 0.194. The van der Waals surface area contributed by atoms with Gasteiger partial charge >= 0.3 is 5.97 Å². The van der Waals surface area contributed by atoms with Crippen molar-refractivity contribution in [1.29, 1.82) is 0 Å². The zero-order valence-corrected chi connectivity index (χ0v) is 17.9. The number of aliphatic imine (C=N–C) groups is 1. The summed E-state index contributed by atoms with van der Waals surface area (Å²) in [5.74, 6) is -1.19. The highest BCUT2D eigenvalue weighted by Gasteiger charge is 2.14. The van der Waals surface area contributed by atoms with Crippen molar-refractivity contribution < 1.29 is 14.3 Å². The molecule has 0 spiro atoms. The van der Waals surface area contributed by atoms with Crippen LogP contribution < -0.4 is 16.8 Å². The number of fused-ring (bicyclic) bond motifs is 3. The average molecular weight is 466 g/mol. The lowest BCUT2D eigenvalue weighted by atomic mass is 10.1. The van der Waals surface area contributed by atoms with Crippen LogP contribution in [0.1, 0.15) is 17.3 Å². The van der Waals surface area contributed by atoms with Gasteiger partial charge in [-0.2, -0.15) is 4.99 Å². The minimum absolute atomic E-state index is 0.0704. The molecule has 166 valence electrons. The molecule has 0 amide bonds. The van der Waals surface area contributed by atoms with E-state index in [1.807, 2.05) is 0 Å². The molecule has 0 atom stereocenters. The van der Waals surface area contributed by atoms with Crippen molar-refractivity contribution >= 4 is 62.7 Å². The summed E-state index contributed by atoms with van der Waals surface area (Å²) < 4.78 is 13.6. The number of nitrogens with one attached hydrogen (secondary N) is 1. The van der Waals surface area contributed by atoms with Crippen LogP contribution in [0.4, 0.5) is 21.8 Å². The molecule has 11 heteroatoms. The number of aromatic nitrogens is 3. The summed E-state index contributed by atoms with van der Waals surface area (Å²) in [4.78, 5) is 28.8. The van der Waals surface area contributed by atoms with Crippen molar-refractivity contribution in [2.45, 2.75) is 6.92 Å². The molecule has 2 aromatic heterocycles. The third kappa shape index (κ3) is 4.65. The van der Waals surface area contributed by atoms with Crippen LogP contribution in [-0.2, 0) is 0 Å². The van der Waals surface area contributed by atoms with Gasteiger partial charge in [0, 0.05) is 28.4 Å². The lowest BCUT2D eigenvalue weighted by Crippen LogP contribution is -2.10. The second kappa shape index (κ2) is 8.67. The maximum atomic E-state index is 13.6. The van der Waals surface area contributed by atoms with Crippen LogP contribution in [0.5, 0.6) is 0 Å². The molecular weight excluding hydrogens is 449 g/mol. The number of benzene rings is 2. The highest BCUT2D eigenvalue weighted by Crippen LogP contribution is 2.32. The minimum Gasteiger partial charge on any atom is -0.478 e. The van der Waals surface area contributed by atoms with E-state index < -0.39 is 11.8 Å². The molecule has 0 saturated heterocycles. The van der Waals surface area contributed by atoms with Crippen LogP contribution in [0.3, 0.4) is 0 Å². The molecule has 0 radical (unpaired) electrons. The number of nitrogens with two attached hydrogens (primary N) is 2. The Morgan fingerprint density at radius 1 is 1.18 bits per heavy atom. The van der Waals surface area contributed by atoms with E-state index >= 15 is 0 Å². The number of allylic oxidation sites excluding steroid dienone is 1. The van der Waals surface area contributed by atoms with Gasteiger partial charge in [-0.3, -0.25) is 0 Å². The molecule has 0 fully saturated rings. The van der Waals surface area contributed by atoms with Gasteiger partial charge in [0.2, 0.25) is 0 Å². The Morgan fingerprint density at radius 3 is 2.67 bits per heavy atom. The molecule has 4 rings (SSSR count). The Balaban J connectivity index is 1.94. The van der Waals surface area contributed by atoms with E-state index in [0.717, 1.165) is 0 Å². The van der Waals surface area contributed by atoms with Gasteiger partial charge in [0.05, 0.1) is 16.1 Å². The van der Waals surface area contributed by atoms with Crippen LogP contribution >= 0.6 is 11.6 Å². The van der Waals surface area contributed by atoms with Crippen LogP contribution in [0.15, 0.2) is 59.4 Å². The van der Waals surface area contributed by atoms with Gasteiger partial charge in [-0.05, 0) is 43.3 Å². The Labute approximate surface area is 191 Å². The summed E-state index contributed by atoms with van der Waals surface area (Å²) in [5, 5.41) is 13.6. The number of nitrogens with zero attached hydrogens (tertiary/aromatic N) is 4. The molecule has 6 N–H and O–H groups in total. The van der Waals surface area contributed by atoms with Crippen LogP contribution in [0.25, 0.3) is 21.8 Å². The lowest BCUT2D eigenvalue weighted by Gasteiger charge is -2.12. The molecule has 2 aromatic carbocycles. The maximum Gasteiger partial charge on any atom is 0.335 e. The second-order valence-corrected chi connectivity index (χ2v) is 7.52. The average Bonchev–Trinajstić information content (AvgIpc) is 2.75. The zero-order chi connectivity index (χ0) is 23.7. The summed E-state index contributed by atoms with van der Waals surface area (Å²) in [6, 6.07) is 8.64. The van der Waals surface area contributed by atoms with Crippen LogP contribution in [0.2, 0.25) is 5.02 Å². The first-order valence-corrected chi connectivity index (χ1v) is 9.93. The predicted molar refractivity (Wildman–Crippen MR) is 126 cm³/mol. The maximum absolute atomic E-state index is 13.6. The van der Waals surface area contributed by atoms with Crippen molar-refractivity contribution in [1.82, 2.24) is 15.0 Å². The largest absolute Gasteiger partial charge is 0.478 e. The van der Waals surface area contributed by atoms with E-state index in [1.54, 1.807) is 19.2 Å². The number of carbonyl (C=O) groups is 1. The second-order valence-electron chi connectivity index (χ2n) is 7.11. The molecule has 0 saturated carbocycles. The van der Waals surface area contributed by atoms with Crippen molar-refractivity contribution in [3.05, 3.63) is 70.8 Å². The third-order valence-corrected chi connectivity index (χ3v) is 4.84. The first-order chi connectivity index (χ1) is 15.7. The number of hydrogen-bond acceptors (Lipinski definition) is 7. The number of amidine groups is 1. The highest BCUT2D eigenvalue weighted by atomic mass is 35.5. The monoisotopic (exact) mass is 465 g/mol. The molecule has 0 unspecified atom stereocenters. The van der Waals surface area contributed by atoms with Crippen LogP contribution in [-0.4, -0.2) is 31.9 Å². The molecule has 4 aromatic rings. The SMILES string of the molecule is CC(N)=CC(N)=Nc1ncc2c(n1)c(Nc1ccc(F)c(Cl)c1)nc1cc(C(=O)O)ccc12. The molecular formula is C22H17ClFN7O2. The first-order valence-electron chi connectivity index (χ1n) is 9.55. The molecule has 2 heterocycles. The van der Waals surface area contributed by atoms with Gasteiger partial charge in [-0.25, -0.2) is 24.1 Å². The molecule has 0 aliphatic heterocycles. The Bertz CT molecular complexity index is 1480. The first kappa shape index (κ1) is 21.9. The van der Waals surface area contributed by atoms with E-state index in [2.05, 4.69) is 25.3 Å². The fourth-order valence-electron chi connectivity index (χ4n) is 3.14. The van der Waals surface area contributed by atoms with Gasteiger partial charge in [0.1, 0.15) is 17.2 Å². The predicted octanol–water partition coefficient (Wildman–Crippen LogP) is 4.26. The van der Waals surface area contributed by atoms with Crippen LogP contribution in [0, 0.1) is 5.82 Å². The van der Waals surface area contributed by atoms with E-state index in [0.29, 0.717) is 33.2 Å². The molecule has 0 aliphatic carbocycles. The van der Waals surface area contributed by atoms with E-state index in [9.17, 15) is 14.3 Å². The molecule has 33 heavy (non-hydrogen) atoms. The topological polar surface area (TPSA) is 152 Å². The van der Waals surface area contributed by atoms with Gasteiger partial charge in [0.15, 0.2) is 5.82 Å². The van der Waals surface area contributed by atoms with Crippen molar-refractivity contribution in [3.8, 4) is 0 Å². The summed E-state index contributed by atoms with van der Waals surface area (Å²) in [6.07, 6.45) is 3.01. The zero-order valence-electron chi connectivity index (χ0n) is 17.2. The molecule has 0 bridgehead atoms. The number of halogens is 2. The van der Waals surface area contributed by atoms with Gasteiger partial charge in [-0.1, -0.05) is 17.7 Å². The van der Waals surface area contributed by atoms with Gasteiger partial charge < -0.3 is 21.9 Å². The summed E-state index contributed by atoms with van der Waals surface area (Å²) in [5.41, 5.74) is 13.3. The number of rotatable bonds is 5. The minimum atomic E-state index is -1.08. The molecule has 9 nitrogen and oxygen atoms in total.